The van der Waals surface area contributed by atoms with Crippen LogP contribution in [0, 0.1) is 5.92 Å². The largest absolute Gasteiger partial charge is 0.307 e. The second-order valence-electron chi connectivity index (χ2n) is 5.51. The van der Waals surface area contributed by atoms with Crippen molar-refractivity contribution in [1.29, 1.82) is 0 Å². The highest BCUT2D eigenvalue weighted by molar-refractivity contribution is 5.25. The third kappa shape index (κ3) is 3.57. The summed E-state index contributed by atoms with van der Waals surface area (Å²) < 4.78 is 0. The lowest BCUT2D eigenvalue weighted by Gasteiger charge is -2.20. The summed E-state index contributed by atoms with van der Waals surface area (Å²) in [6.45, 7) is 6.82. The normalized spacial score (nSPS) is 19.0. The van der Waals surface area contributed by atoms with E-state index in [4.69, 9.17) is 0 Å². The van der Waals surface area contributed by atoms with Gasteiger partial charge in [-0.05, 0) is 50.2 Å². The number of benzene rings is 1. The van der Waals surface area contributed by atoms with Gasteiger partial charge in [0.05, 0.1) is 0 Å². The van der Waals surface area contributed by atoms with Gasteiger partial charge < -0.3 is 5.32 Å². The van der Waals surface area contributed by atoms with E-state index < -0.39 is 0 Å². The van der Waals surface area contributed by atoms with Gasteiger partial charge in [-0.15, -0.1) is 0 Å². The van der Waals surface area contributed by atoms with E-state index in [0.717, 1.165) is 5.92 Å². The molecule has 17 heavy (non-hydrogen) atoms. The second kappa shape index (κ2) is 5.68. The van der Waals surface area contributed by atoms with Crippen LogP contribution in [-0.2, 0) is 6.42 Å². The first-order valence-electron chi connectivity index (χ1n) is 7.05. The molecule has 1 saturated carbocycles. The van der Waals surface area contributed by atoms with E-state index in [1.54, 1.807) is 0 Å². The fourth-order valence-electron chi connectivity index (χ4n) is 2.48. The maximum absolute atomic E-state index is 3.71. The van der Waals surface area contributed by atoms with Crippen LogP contribution in [0.15, 0.2) is 24.3 Å². The molecule has 1 aliphatic rings. The molecule has 0 aromatic heterocycles. The molecule has 1 heteroatoms. The highest BCUT2D eigenvalue weighted by Crippen LogP contribution is 2.33. The van der Waals surface area contributed by atoms with E-state index in [0.29, 0.717) is 12.1 Å². The number of hydrogen-bond donors (Lipinski definition) is 1. The molecule has 0 amide bonds. The zero-order valence-electron chi connectivity index (χ0n) is 11.4. The van der Waals surface area contributed by atoms with Gasteiger partial charge in [0.25, 0.3) is 0 Å². The van der Waals surface area contributed by atoms with Gasteiger partial charge >= 0.3 is 0 Å². The maximum atomic E-state index is 3.71. The molecular weight excluding hydrogens is 206 g/mol. The van der Waals surface area contributed by atoms with Crippen LogP contribution in [0.4, 0.5) is 0 Å². The Labute approximate surface area is 106 Å². The summed E-state index contributed by atoms with van der Waals surface area (Å²) in [5, 5.41) is 3.71. The van der Waals surface area contributed by atoms with Crippen LogP contribution >= 0.6 is 0 Å². The van der Waals surface area contributed by atoms with Crippen molar-refractivity contribution in [2.45, 2.75) is 58.5 Å². The molecule has 0 radical (unpaired) electrons. The molecular formula is C16H25N. The minimum atomic E-state index is 0.473. The molecule has 1 aliphatic carbocycles. The Bertz CT molecular complexity index is 337. The topological polar surface area (TPSA) is 12.0 Å². The van der Waals surface area contributed by atoms with E-state index in [9.17, 15) is 0 Å². The molecule has 1 nitrogen and oxygen atoms in total. The Kier molecular flexibility index (Phi) is 4.22. The van der Waals surface area contributed by atoms with Crippen LogP contribution < -0.4 is 5.32 Å². The van der Waals surface area contributed by atoms with Crippen molar-refractivity contribution in [1.82, 2.24) is 5.32 Å². The SMILES string of the molecule is CCCc1ccc(C(C)NC(C)C2CC2)cc1. The molecule has 94 valence electrons. The Morgan fingerprint density at radius 3 is 2.35 bits per heavy atom. The van der Waals surface area contributed by atoms with Gasteiger partial charge in [-0.3, -0.25) is 0 Å². The van der Waals surface area contributed by atoms with E-state index in [1.165, 1.54) is 36.8 Å². The average molecular weight is 231 g/mol. The summed E-state index contributed by atoms with van der Waals surface area (Å²) >= 11 is 0. The van der Waals surface area contributed by atoms with E-state index in [1.807, 2.05) is 0 Å². The lowest BCUT2D eigenvalue weighted by Crippen LogP contribution is -2.30. The molecule has 0 spiro atoms. The highest BCUT2D eigenvalue weighted by Gasteiger charge is 2.28. The van der Waals surface area contributed by atoms with Gasteiger partial charge in [0, 0.05) is 12.1 Å². The van der Waals surface area contributed by atoms with E-state index >= 15 is 0 Å². The average Bonchev–Trinajstić information content (AvgIpc) is 3.14. The van der Waals surface area contributed by atoms with Gasteiger partial charge in [0.1, 0.15) is 0 Å². The number of nitrogens with one attached hydrogen (secondary N) is 1. The monoisotopic (exact) mass is 231 g/mol. The lowest BCUT2D eigenvalue weighted by atomic mass is 10.0. The molecule has 1 aromatic carbocycles. The van der Waals surface area contributed by atoms with Crippen LogP contribution in [-0.4, -0.2) is 6.04 Å². The van der Waals surface area contributed by atoms with Crippen LogP contribution in [0.5, 0.6) is 0 Å². The van der Waals surface area contributed by atoms with Crippen LogP contribution in [0.2, 0.25) is 0 Å². The molecule has 0 bridgehead atoms. The summed E-state index contributed by atoms with van der Waals surface area (Å²) in [7, 11) is 0. The standard InChI is InChI=1S/C16H25N/c1-4-5-14-6-8-15(9-7-14)12(2)17-13(3)16-10-11-16/h6-9,12-13,16-17H,4-5,10-11H2,1-3H3. The zero-order chi connectivity index (χ0) is 12.3. The third-order valence-electron chi connectivity index (χ3n) is 3.86. The summed E-state index contributed by atoms with van der Waals surface area (Å²) in [4.78, 5) is 0. The first kappa shape index (κ1) is 12.6. The molecule has 2 unspecified atom stereocenters. The molecule has 2 rings (SSSR count). The van der Waals surface area contributed by atoms with E-state index in [-0.39, 0.29) is 0 Å². The molecule has 0 heterocycles. The Hall–Kier alpha value is -0.820. The van der Waals surface area contributed by atoms with Crippen molar-refractivity contribution < 1.29 is 0 Å². The molecule has 1 N–H and O–H groups in total. The van der Waals surface area contributed by atoms with Gasteiger partial charge in [0.2, 0.25) is 0 Å². The fraction of sp³-hybridized carbons (Fsp3) is 0.625. The summed E-state index contributed by atoms with van der Waals surface area (Å²) in [5.41, 5.74) is 2.87. The van der Waals surface area contributed by atoms with Gasteiger partial charge in [-0.2, -0.15) is 0 Å². The number of rotatable bonds is 6. The Morgan fingerprint density at radius 2 is 1.82 bits per heavy atom. The van der Waals surface area contributed by atoms with Crippen molar-refractivity contribution in [2.75, 3.05) is 0 Å². The summed E-state index contributed by atoms with van der Waals surface area (Å²) in [6, 6.07) is 10.3. The van der Waals surface area contributed by atoms with Crippen molar-refractivity contribution in [2.24, 2.45) is 5.92 Å². The van der Waals surface area contributed by atoms with Gasteiger partial charge in [0.15, 0.2) is 0 Å². The Balaban J connectivity index is 1.91. The number of aryl methyl sites for hydroxylation is 1. The molecule has 1 fully saturated rings. The van der Waals surface area contributed by atoms with Crippen LogP contribution in [0.25, 0.3) is 0 Å². The highest BCUT2D eigenvalue weighted by atomic mass is 15.0. The predicted octanol–water partition coefficient (Wildman–Crippen LogP) is 4.09. The number of hydrogen-bond acceptors (Lipinski definition) is 1. The third-order valence-corrected chi connectivity index (χ3v) is 3.86. The zero-order valence-corrected chi connectivity index (χ0v) is 11.4. The molecule has 0 saturated heterocycles. The first-order chi connectivity index (χ1) is 8.20. The summed E-state index contributed by atoms with van der Waals surface area (Å²) in [6.07, 6.45) is 5.25. The van der Waals surface area contributed by atoms with Crippen LogP contribution in [0.1, 0.15) is 57.2 Å². The van der Waals surface area contributed by atoms with Crippen LogP contribution in [0.3, 0.4) is 0 Å². The fourth-order valence-corrected chi connectivity index (χ4v) is 2.48. The van der Waals surface area contributed by atoms with Crippen molar-refractivity contribution in [3.63, 3.8) is 0 Å². The minimum Gasteiger partial charge on any atom is -0.307 e. The quantitative estimate of drug-likeness (QED) is 0.777. The molecule has 0 aliphatic heterocycles. The lowest BCUT2D eigenvalue weighted by molar-refractivity contribution is 0.441. The van der Waals surface area contributed by atoms with Gasteiger partial charge in [-0.25, -0.2) is 0 Å². The van der Waals surface area contributed by atoms with Crippen molar-refractivity contribution in [3.05, 3.63) is 35.4 Å². The Morgan fingerprint density at radius 1 is 1.18 bits per heavy atom. The summed E-state index contributed by atoms with van der Waals surface area (Å²) in [5.74, 6) is 0.928. The molecule has 1 aromatic rings. The van der Waals surface area contributed by atoms with E-state index in [2.05, 4.69) is 50.4 Å². The molecule has 2 atom stereocenters. The predicted molar refractivity (Wildman–Crippen MR) is 74.2 cm³/mol. The smallest absolute Gasteiger partial charge is 0.0294 e. The first-order valence-corrected chi connectivity index (χ1v) is 7.05. The minimum absolute atomic E-state index is 0.473. The van der Waals surface area contributed by atoms with Gasteiger partial charge in [-0.1, -0.05) is 37.6 Å². The van der Waals surface area contributed by atoms with Crippen molar-refractivity contribution in [3.8, 4) is 0 Å². The maximum Gasteiger partial charge on any atom is 0.0294 e. The van der Waals surface area contributed by atoms with Crippen molar-refractivity contribution >= 4 is 0 Å². The second-order valence-corrected chi connectivity index (χ2v) is 5.51.